The summed E-state index contributed by atoms with van der Waals surface area (Å²) in [5.41, 5.74) is 4.38. The summed E-state index contributed by atoms with van der Waals surface area (Å²) >= 11 is 0. The van der Waals surface area contributed by atoms with Gasteiger partial charge in [-0.15, -0.1) is 0 Å². The standard InChI is InChI=1S/C30H37F2N5O2/c1-18-13-36(29(39)20(18)3)15-24-11-33-19(2)14-35(24)16-28(38)37-17-30(4,5)25-12-34-23(10-27(25)37)8-21-6-7-22(31)9-26(21)32/h6-7,9-10,12,19,24,33H,8,11,13-17H2,1-5H3/t19-,24-/m1/s1. The van der Waals surface area contributed by atoms with Crippen molar-refractivity contribution in [1.82, 2.24) is 20.1 Å². The van der Waals surface area contributed by atoms with Gasteiger partial charge in [0.15, 0.2) is 0 Å². The normalized spacial score (nSPS) is 23.1. The molecular weight excluding hydrogens is 500 g/mol. The van der Waals surface area contributed by atoms with Gasteiger partial charge in [0.1, 0.15) is 11.6 Å². The van der Waals surface area contributed by atoms with Crippen molar-refractivity contribution in [2.45, 2.75) is 58.5 Å². The van der Waals surface area contributed by atoms with E-state index in [0.29, 0.717) is 44.0 Å². The highest BCUT2D eigenvalue weighted by molar-refractivity contribution is 5.98. The first-order chi connectivity index (χ1) is 18.4. The van der Waals surface area contributed by atoms with Crippen LogP contribution in [0.1, 0.15) is 51.4 Å². The molecule has 0 bridgehead atoms. The van der Waals surface area contributed by atoms with E-state index in [1.807, 2.05) is 29.7 Å². The molecule has 1 fully saturated rings. The second kappa shape index (κ2) is 10.4. The van der Waals surface area contributed by atoms with E-state index in [0.717, 1.165) is 28.5 Å². The lowest BCUT2D eigenvalue weighted by molar-refractivity contribution is -0.126. The van der Waals surface area contributed by atoms with Gasteiger partial charge in [-0.2, -0.15) is 0 Å². The Balaban J connectivity index is 1.34. The van der Waals surface area contributed by atoms with Crippen molar-refractivity contribution in [3.63, 3.8) is 0 Å². The fourth-order valence-corrected chi connectivity index (χ4v) is 5.94. The van der Waals surface area contributed by atoms with Crippen molar-refractivity contribution in [3.05, 3.63) is 70.1 Å². The number of anilines is 1. The van der Waals surface area contributed by atoms with Crippen molar-refractivity contribution in [2.24, 2.45) is 0 Å². The Morgan fingerprint density at radius 2 is 1.97 bits per heavy atom. The fourth-order valence-electron chi connectivity index (χ4n) is 5.94. The predicted molar refractivity (Wildman–Crippen MR) is 147 cm³/mol. The minimum absolute atomic E-state index is 0.00993. The maximum Gasteiger partial charge on any atom is 0.249 e. The van der Waals surface area contributed by atoms with Crippen LogP contribution in [0.3, 0.4) is 0 Å². The molecule has 39 heavy (non-hydrogen) atoms. The molecule has 7 nitrogen and oxygen atoms in total. The van der Waals surface area contributed by atoms with Crippen LogP contribution in [0.5, 0.6) is 0 Å². The summed E-state index contributed by atoms with van der Waals surface area (Å²) in [6.45, 7) is 13.5. The van der Waals surface area contributed by atoms with Gasteiger partial charge in [0, 0.05) is 85.7 Å². The summed E-state index contributed by atoms with van der Waals surface area (Å²) in [7, 11) is 0. The van der Waals surface area contributed by atoms with Crippen LogP contribution in [0.2, 0.25) is 0 Å². The second-order valence-corrected chi connectivity index (χ2v) is 12.0. The molecule has 2 amide bonds. The van der Waals surface area contributed by atoms with Crippen LogP contribution in [0.4, 0.5) is 14.5 Å². The summed E-state index contributed by atoms with van der Waals surface area (Å²) in [5, 5.41) is 3.50. The van der Waals surface area contributed by atoms with Crippen molar-refractivity contribution in [1.29, 1.82) is 0 Å². The molecule has 0 saturated carbocycles. The minimum atomic E-state index is -0.618. The molecule has 0 aliphatic carbocycles. The van der Waals surface area contributed by atoms with Gasteiger partial charge in [-0.3, -0.25) is 19.5 Å². The molecular formula is C30H37F2N5O2. The summed E-state index contributed by atoms with van der Waals surface area (Å²) in [6.07, 6.45) is 1.99. The molecule has 208 valence electrons. The SMILES string of the molecule is CC1=C(C)C(=O)N(C[C@H]2CN[C@H](C)CN2CC(=O)N2CC(C)(C)c3cnc(Cc4ccc(F)cc4F)cc32)C1. The molecule has 5 rings (SSSR count). The number of pyridine rings is 1. The molecule has 1 saturated heterocycles. The molecule has 0 unspecified atom stereocenters. The first kappa shape index (κ1) is 27.4. The largest absolute Gasteiger partial charge is 0.333 e. The van der Waals surface area contributed by atoms with Crippen molar-refractivity contribution < 1.29 is 18.4 Å². The quantitative estimate of drug-likeness (QED) is 0.612. The third kappa shape index (κ3) is 5.47. The van der Waals surface area contributed by atoms with Crippen molar-refractivity contribution >= 4 is 17.5 Å². The number of piperazine rings is 1. The third-order valence-corrected chi connectivity index (χ3v) is 8.37. The van der Waals surface area contributed by atoms with E-state index >= 15 is 0 Å². The van der Waals surface area contributed by atoms with E-state index in [2.05, 4.69) is 36.0 Å². The van der Waals surface area contributed by atoms with Crippen LogP contribution in [-0.2, 0) is 21.4 Å². The Bertz CT molecular complexity index is 1340. The van der Waals surface area contributed by atoms with E-state index in [1.54, 1.807) is 6.20 Å². The molecule has 3 aliphatic rings. The van der Waals surface area contributed by atoms with Gasteiger partial charge < -0.3 is 15.1 Å². The Hall–Kier alpha value is -3.17. The second-order valence-electron chi connectivity index (χ2n) is 12.0. The van der Waals surface area contributed by atoms with Gasteiger partial charge in [0.25, 0.3) is 0 Å². The van der Waals surface area contributed by atoms with Crippen LogP contribution in [-0.4, -0.2) is 78.0 Å². The highest BCUT2D eigenvalue weighted by Gasteiger charge is 2.40. The first-order valence-electron chi connectivity index (χ1n) is 13.6. The lowest BCUT2D eigenvalue weighted by atomic mass is 9.88. The summed E-state index contributed by atoms with van der Waals surface area (Å²) in [4.78, 5) is 37.0. The monoisotopic (exact) mass is 537 g/mol. The number of hydrogen-bond donors (Lipinski definition) is 1. The zero-order valence-corrected chi connectivity index (χ0v) is 23.4. The number of rotatable bonds is 6. The van der Waals surface area contributed by atoms with E-state index < -0.39 is 11.6 Å². The number of aromatic nitrogens is 1. The lowest BCUT2D eigenvalue weighted by Gasteiger charge is -2.41. The lowest BCUT2D eigenvalue weighted by Crippen LogP contribution is -2.61. The Morgan fingerprint density at radius 3 is 2.67 bits per heavy atom. The van der Waals surface area contributed by atoms with Crippen molar-refractivity contribution in [3.8, 4) is 0 Å². The van der Waals surface area contributed by atoms with Gasteiger partial charge in [0.05, 0.1) is 12.2 Å². The molecule has 9 heteroatoms. The molecule has 3 aliphatic heterocycles. The highest BCUT2D eigenvalue weighted by atomic mass is 19.1. The molecule has 1 aromatic carbocycles. The van der Waals surface area contributed by atoms with Crippen LogP contribution in [0.15, 0.2) is 41.6 Å². The number of halogens is 2. The molecule has 1 N–H and O–H groups in total. The van der Waals surface area contributed by atoms with E-state index in [9.17, 15) is 18.4 Å². The summed E-state index contributed by atoms with van der Waals surface area (Å²) in [5.74, 6) is -1.16. The third-order valence-electron chi connectivity index (χ3n) is 8.37. The van der Waals surface area contributed by atoms with Crippen LogP contribution in [0.25, 0.3) is 0 Å². The van der Waals surface area contributed by atoms with E-state index in [-0.39, 0.29) is 42.3 Å². The number of nitrogens with one attached hydrogen (secondary N) is 1. The van der Waals surface area contributed by atoms with Gasteiger partial charge in [0.2, 0.25) is 11.8 Å². The average Bonchev–Trinajstić information content (AvgIpc) is 3.28. The first-order valence-corrected chi connectivity index (χ1v) is 13.6. The molecule has 2 aromatic rings. The van der Waals surface area contributed by atoms with Crippen LogP contribution >= 0.6 is 0 Å². The zero-order chi connectivity index (χ0) is 28.1. The Morgan fingerprint density at radius 1 is 1.21 bits per heavy atom. The number of nitrogens with zero attached hydrogens (tertiary/aromatic N) is 4. The topological polar surface area (TPSA) is 68.8 Å². The molecule has 0 radical (unpaired) electrons. The van der Waals surface area contributed by atoms with Gasteiger partial charge >= 0.3 is 0 Å². The number of carbonyl (C=O) groups is 2. The Kier molecular flexibility index (Phi) is 7.33. The summed E-state index contributed by atoms with van der Waals surface area (Å²) < 4.78 is 27.7. The zero-order valence-electron chi connectivity index (χ0n) is 23.4. The van der Waals surface area contributed by atoms with Crippen LogP contribution < -0.4 is 10.2 Å². The number of hydrogen-bond acceptors (Lipinski definition) is 5. The number of benzene rings is 1. The van der Waals surface area contributed by atoms with Crippen LogP contribution in [0, 0.1) is 11.6 Å². The van der Waals surface area contributed by atoms with Gasteiger partial charge in [-0.25, -0.2) is 8.78 Å². The van der Waals surface area contributed by atoms with E-state index in [4.69, 9.17) is 0 Å². The fraction of sp³-hybridized carbons (Fsp3) is 0.500. The Labute approximate surface area is 228 Å². The van der Waals surface area contributed by atoms with E-state index in [1.165, 1.54) is 12.1 Å². The predicted octanol–water partition coefficient (Wildman–Crippen LogP) is 3.42. The average molecular weight is 538 g/mol. The number of carbonyl (C=O) groups excluding carboxylic acids is 2. The molecule has 2 atom stereocenters. The number of amides is 2. The minimum Gasteiger partial charge on any atom is -0.333 e. The van der Waals surface area contributed by atoms with Crippen molar-refractivity contribution in [2.75, 3.05) is 44.2 Å². The maximum atomic E-state index is 14.3. The van der Waals surface area contributed by atoms with Gasteiger partial charge in [-0.1, -0.05) is 19.9 Å². The van der Waals surface area contributed by atoms with Gasteiger partial charge in [-0.05, 0) is 44.0 Å². The highest BCUT2D eigenvalue weighted by Crippen LogP contribution is 2.40. The molecule has 1 aromatic heterocycles. The smallest absolute Gasteiger partial charge is 0.249 e. The molecule has 4 heterocycles. The number of fused-ring (bicyclic) bond motifs is 1. The molecule has 0 spiro atoms. The summed E-state index contributed by atoms with van der Waals surface area (Å²) in [6, 6.07) is 5.67. The maximum absolute atomic E-state index is 14.3.